The van der Waals surface area contributed by atoms with Crippen LogP contribution in [-0.4, -0.2) is 35.3 Å². The molecule has 2 N–H and O–H groups in total. The van der Waals surface area contributed by atoms with Crippen molar-refractivity contribution < 1.29 is 19.5 Å². The van der Waals surface area contributed by atoms with Crippen molar-refractivity contribution in [3.05, 3.63) is 54.1 Å². The van der Waals surface area contributed by atoms with Gasteiger partial charge in [0.25, 0.3) is 5.91 Å². The summed E-state index contributed by atoms with van der Waals surface area (Å²) in [4.78, 5) is 14.1. The van der Waals surface area contributed by atoms with Gasteiger partial charge in [-0.25, -0.2) is 0 Å². The van der Waals surface area contributed by atoms with Gasteiger partial charge in [-0.2, -0.15) is 0 Å². The van der Waals surface area contributed by atoms with E-state index < -0.39 is 5.91 Å². The maximum atomic E-state index is 12.6. The van der Waals surface area contributed by atoms with Crippen LogP contribution in [-0.2, 0) is 6.67 Å². The van der Waals surface area contributed by atoms with Crippen molar-refractivity contribution in [3.8, 4) is 11.6 Å². The highest BCUT2D eigenvalue weighted by Crippen LogP contribution is 2.47. The zero-order valence-electron chi connectivity index (χ0n) is 20.3. The third-order valence-electron chi connectivity index (χ3n) is 7.53. The maximum absolute atomic E-state index is 12.6. The number of ether oxygens (including phenoxy) is 1. The molecular formula is C27H33N4O3+. The molecule has 34 heavy (non-hydrogen) atoms. The van der Waals surface area contributed by atoms with Crippen LogP contribution in [0.3, 0.4) is 0 Å². The molecule has 5 rings (SSSR count). The van der Waals surface area contributed by atoms with E-state index in [0.29, 0.717) is 40.5 Å². The number of likely N-dealkylation sites (tertiary alicyclic amines) is 1. The molecule has 2 bridgehead atoms. The van der Waals surface area contributed by atoms with E-state index in [0.717, 1.165) is 17.4 Å². The van der Waals surface area contributed by atoms with Crippen molar-refractivity contribution in [3.63, 3.8) is 0 Å². The Morgan fingerprint density at radius 3 is 2.62 bits per heavy atom. The number of para-hydroxylation sites is 1. The maximum Gasteiger partial charge on any atom is 0.295 e. The summed E-state index contributed by atoms with van der Waals surface area (Å²) in [6, 6.07) is 15.1. The standard InChI is InChI=1S/C27H32N4O3/c1-26(2)13-19-14-27(3,15-26)16-30(19)17-31-22-8-6-5-7-21(22)23(25(31)33)28-29-24(32)18-9-11-20(34-4)12-10-18/h5-12,19,33H,13-17H2,1-4H3/p+1/t19-,27-/m0/s1. The van der Waals surface area contributed by atoms with Crippen molar-refractivity contribution >= 4 is 22.5 Å². The first-order valence-corrected chi connectivity index (χ1v) is 11.9. The monoisotopic (exact) mass is 461 g/mol. The SMILES string of the molecule is COc1ccc(C(=O)N=Nc2c(O)n(C[NH+]3C[C@@]4(C)C[C@@H]3CC(C)(C)C4)c3ccccc23)cc1. The summed E-state index contributed by atoms with van der Waals surface area (Å²) in [6.45, 7) is 8.93. The van der Waals surface area contributed by atoms with Crippen molar-refractivity contribution in [2.75, 3.05) is 13.7 Å². The average molecular weight is 462 g/mol. The van der Waals surface area contributed by atoms with Gasteiger partial charge >= 0.3 is 0 Å². The third-order valence-corrected chi connectivity index (χ3v) is 7.53. The molecule has 3 atom stereocenters. The number of aromatic nitrogens is 1. The second-order valence-electron chi connectivity index (χ2n) is 11.1. The normalized spacial score (nSPS) is 25.8. The number of hydrogen-bond acceptors (Lipinski definition) is 4. The lowest BCUT2D eigenvalue weighted by Gasteiger charge is -2.37. The molecular weight excluding hydrogens is 428 g/mol. The highest BCUT2D eigenvalue weighted by atomic mass is 16.5. The van der Waals surface area contributed by atoms with Crippen LogP contribution in [0, 0.1) is 10.8 Å². The molecule has 0 radical (unpaired) electrons. The Labute approximate surface area is 200 Å². The zero-order chi connectivity index (χ0) is 24.1. The van der Waals surface area contributed by atoms with E-state index in [1.165, 1.54) is 24.2 Å². The molecule has 7 nitrogen and oxygen atoms in total. The number of carbonyl (C=O) groups is 1. The molecule has 0 spiro atoms. The summed E-state index contributed by atoms with van der Waals surface area (Å²) in [7, 11) is 1.58. The fourth-order valence-corrected chi connectivity index (χ4v) is 6.55. The molecule has 1 aliphatic heterocycles. The molecule has 1 amide bonds. The summed E-state index contributed by atoms with van der Waals surface area (Å²) < 4.78 is 7.08. The lowest BCUT2D eigenvalue weighted by Crippen LogP contribution is -3.13. The minimum absolute atomic E-state index is 0.0610. The van der Waals surface area contributed by atoms with Crippen molar-refractivity contribution in [1.82, 2.24) is 4.57 Å². The average Bonchev–Trinajstić information content (AvgIpc) is 3.20. The molecule has 1 aliphatic carbocycles. The molecule has 1 saturated heterocycles. The van der Waals surface area contributed by atoms with E-state index in [4.69, 9.17) is 4.74 Å². The molecule has 7 heteroatoms. The van der Waals surface area contributed by atoms with Crippen molar-refractivity contribution in [1.29, 1.82) is 0 Å². The Kier molecular flexibility index (Phi) is 5.47. The van der Waals surface area contributed by atoms with E-state index in [9.17, 15) is 9.90 Å². The summed E-state index contributed by atoms with van der Waals surface area (Å²) in [5.74, 6) is 0.263. The fraction of sp³-hybridized carbons (Fsp3) is 0.444. The molecule has 178 valence electrons. The van der Waals surface area contributed by atoms with E-state index in [2.05, 4.69) is 31.0 Å². The summed E-state index contributed by atoms with van der Waals surface area (Å²) in [6.07, 6.45) is 3.67. The molecule has 1 unspecified atom stereocenters. The van der Waals surface area contributed by atoms with Crippen LogP contribution < -0.4 is 9.64 Å². The first kappa shape index (κ1) is 22.6. The van der Waals surface area contributed by atoms with E-state index >= 15 is 0 Å². The van der Waals surface area contributed by atoms with Crippen molar-refractivity contribution in [2.45, 2.75) is 52.7 Å². The topological polar surface area (TPSA) is 80.6 Å². The number of hydrogen-bond donors (Lipinski definition) is 2. The minimum Gasteiger partial charge on any atom is -0.497 e. The van der Waals surface area contributed by atoms with Crippen LogP contribution in [0.5, 0.6) is 11.6 Å². The van der Waals surface area contributed by atoms with Crippen LogP contribution in [0.2, 0.25) is 0 Å². The van der Waals surface area contributed by atoms with Crippen molar-refractivity contribution in [2.24, 2.45) is 21.1 Å². The van der Waals surface area contributed by atoms with Gasteiger partial charge in [0.2, 0.25) is 5.88 Å². The summed E-state index contributed by atoms with van der Waals surface area (Å²) in [5.41, 5.74) is 2.35. The molecule has 2 aliphatic rings. The van der Waals surface area contributed by atoms with Crippen LogP contribution in [0.4, 0.5) is 5.69 Å². The molecule has 1 aromatic heterocycles. The van der Waals surface area contributed by atoms with Gasteiger partial charge in [-0.15, -0.1) is 10.2 Å². The van der Waals surface area contributed by atoms with Gasteiger partial charge in [-0.1, -0.05) is 39.0 Å². The predicted molar refractivity (Wildman–Crippen MR) is 131 cm³/mol. The van der Waals surface area contributed by atoms with Gasteiger partial charge in [0, 0.05) is 29.2 Å². The number of nitrogens with one attached hydrogen (secondary N) is 1. The molecule has 3 aromatic rings. The van der Waals surface area contributed by atoms with Gasteiger partial charge in [0.1, 0.15) is 5.75 Å². The molecule has 2 aromatic carbocycles. The van der Waals surface area contributed by atoms with Gasteiger partial charge < -0.3 is 14.7 Å². The number of carbonyl (C=O) groups excluding carboxylic acids is 1. The van der Waals surface area contributed by atoms with Gasteiger partial charge in [0.15, 0.2) is 12.4 Å². The first-order valence-electron chi connectivity index (χ1n) is 11.9. The lowest BCUT2D eigenvalue weighted by molar-refractivity contribution is -0.936. The number of amides is 1. The number of rotatable bonds is 5. The number of nitrogens with zero attached hydrogens (tertiary/aromatic N) is 3. The smallest absolute Gasteiger partial charge is 0.295 e. The number of quaternary nitrogens is 1. The largest absolute Gasteiger partial charge is 0.497 e. The van der Waals surface area contributed by atoms with Crippen LogP contribution in [0.25, 0.3) is 10.9 Å². The van der Waals surface area contributed by atoms with Gasteiger partial charge in [-0.05, 0) is 42.2 Å². The van der Waals surface area contributed by atoms with Gasteiger partial charge in [-0.3, -0.25) is 9.36 Å². The van der Waals surface area contributed by atoms with Crippen LogP contribution in [0.1, 0.15) is 50.4 Å². The summed E-state index contributed by atoms with van der Waals surface area (Å²) in [5, 5.41) is 20.1. The Balaban J connectivity index is 1.44. The minimum atomic E-state index is -0.465. The fourth-order valence-electron chi connectivity index (χ4n) is 6.55. The molecule has 2 heterocycles. The Hall–Kier alpha value is -3.19. The van der Waals surface area contributed by atoms with Gasteiger partial charge in [0.05, 0.1) is 25.2 Å². The Morgan fingerprint density at radius 2 is 1.88 bits per heavy atom. The Morgan fingerprint density at radius 1 is 1.15 bits per heavy atom. The second kappa shape index (κ2) is 8.24. The quantitative estimate of drug-likeness (QED) is 0.540. The summed E-state index contributed by atoms with van der Waals surface area (Å²) >= 11 is 0. The van der Waals surface area contributed by atoms with E-state index in [1.54, 1.807) is 31.4 Å². The number of benzene rings is 2. The van der Waals surface area contributed by atoms with E-state index in [1.807, 2.05) is 28.8 Å². The van der Waals surface area contributed by atoms with Crippen LogP contribution >= 0.6 is 0 Å². The zero-order valence-corrected chi connectivity index (χ0v) is 20.3. The highest BCUT2D eigenvalue weighted by molar-refractivity contribution is 5.97. The first-order chi connectivity index (χ1) is 16.2. The third kappa shape index (κ3) is 4.09. The predicted octanol–water partition coefficient (Wildman–Crippen LogP) is 4.72. The Bertz CT molecular complexity index is 1260. The number of aromatic hydroxyl groups is 1. The number of azo groups is 1. The molecule has 1 saturated carbocycles. The van der Waals surface area contributed by atoms with Crippen LogP contribution in [0.15, 0.2) is 58.8 Å². The number of fused-ring (bicyclic) bond motifs is 3. The number of methoxy groups -OCH3 is 1. The molecule has 2 fully saturated rings. The van der Waals surface area contributed by atoms with E-state index in [-0.39, 0.29) is 5.88 Å². The lowest BCUT2D eigenvalue weighted by atomic mass is 9.65. The second-order valence-corrected chi connectivity index (χ2v) is 11.1. The highest BCUT2D eigenvalue weighted by Gasteiger charge is 2.52.